The van der Waals surface area contributed by atoms with E-state index in [2.05, 4.69) is 53.5 Å². The minimum Gasteiger partial charge on any atom is -0.393 e. The molecule has 0 saturated heterocycles. The van der Waals surface area contributed by atoms with Crippen LogP contribution in [-0.2, 0) is 4.79 Å². The Morgan fingerprint density at radius 3 is 2.38 bits per heavy atom. The van der Waals surface area contributed by atoms with Crippen LogP contribution in [-0.4, -0.2) is 27.7 Å². The second kappa shape index (κ2) is 13.8. The number of carbonyl (C=O) groups excluding carboxylic acids is 1. The Morgan fingerprint density at radius 2 is 1.62 bits per heavy atom. The van der Waals surface area contributed by atoms with Crippen LogP contribution >= 0.6 is 0 Å². The largest absolute Gasteiger partial charge is 0.393 e. The van der Waals surface area contributed by atoms with Gasteiger partial charge in [0.05, 0.1) is 6.10 Å². The van der Waals surface area contributed by atoms with Gasteiger partial charge in [-0.15, -0.1) is 6.42 Å². The van der Waals surface area contributed by atoms with Gasteiger partial charge in [-0.1, -0.05) is 83.9 Å². The minimum atomic E-state index is -0.902. The fraction of sp³-hybridized carbons (Fsp3) is 0.851. The standard InChI is InChI=1S/C27H46O.C20H26O2/c1-18(2)7-6-8-19(3)23-11-12-24-22-10-9-20-17-21(28)13-15-26(20,4)25(22)14-16-27(23,24)5;1-3-20(22)11-9-18-17-6-4-13-12-14(21)5-7-15(13)16(17)8-10-19(18,20)2/h9,18-19,21-25,28H,6-8,10-17H2,1-5H3;1,12,15-18,22H,4-11H2,2H3/t19-,21+,22+,23-,24+,25+,26+,27-;15-,16+,17+,18-,19-,20-/m10/s1. The zero-order valence-electron chi connectivity index (χ0n) is 32.8. The maximum atomic E-state index is 11.7. The van der Waals surface area contributed by atoms with Crippen molar-refractivity contribution in [3.8, 4) is 12.3 Å². The van der Waals surface area contributed by atoms with Gasteiger partial charge >= 0.3 is 0 Å². The van der Waals surface area contributed by atoms with Crippen molar-refractivity contribution in [3.63, 3.8) is 0 Å². The molecule has 6 saturated carbocycles. The number of carbonyl (C=O) groups is 1. The molecule has 278 valence electrons. The van der Waals surface area contributed by atoms with Crippen molar-refractivity contribution in [2.24, 2.45) is 75.4 Å². The van der Waals surface area contributed by atoms with Crippen LogP contribution in [0.2, 0.25) is 0 Å². The molecular weight excluding hydrogens is 613 g/mol. The summed E-state index contributed by atoms with van der Waals surface area (Å²) < 4.78 is 0. The van der Waals surface area contributed by atoms with E-state index in [0.717, 1.165) is 93.3 Å². The van der Waals surface area contributed by atoms with Gasteiger partial charge in [-0.3, -0.25) is 4.79 Å². The molecule has 14 atom stereocenters. The van der Waals surface area contributed by atoms with Crippen LogP contribution < -0.4 is 0 Å². The molecule has 0 unspecified atom stereocenters. The lowest BCUT2D eigenvalue weighted by Gasteiger charge is -2.58. The molecule has 3 heteroatoms. The molecule has 0 aromatic carbocycles. The van der Waals surface area contributed by atoms with Gasteiger partial charge in [-0.05, 0) is 172 Å². The van der Waals surface area contributed by atoms with Crippen molar-refractivity contribution in [1.82, 2.24) is 0 Å². The Kier molecular flexibility index (Phi) is 10.2. The number of aliphatic hydroxyl groups is 2. The summed E-state index contributed by atoms with van der Waals surface area (Å²) in [6.45, 7) is 14.8. The number of rotatable bonds is 5. The molecule has 0 radical (unpaired) electrons. The van der Waals surface area contributed by atoms with E-state index in [9.17, 15) is 15.0 Å². The molecule has 0 aliphatic heterocycles. The van der Waals surface area contributed by atoms with Crippen molar-refractivity contribution in [3.05, 3.63) is 23.3 Å². The fourth-order valence-corrected chi connectivity index (χ4v) is 15.1. The smallest absolute Gasteiger partial charge is 0.155 e. The number of terminal acetylenes is 1. The van der Waals surface area contributed by atoms with Crippen molar-refractivity contribution in [2.75, 3.05) is 0 Å². The van der Waals surface area contributed by atoms with E-state index < -0.39 is 5.60 Å². The molecule has 8 aliphatic carbocycles. The zero-order chi connectivity index (χ0) is 35.6. The lowest BCUT2D eigenvalue weighted by molar-refractivity contribution is -0.116. The number of hydrogen-bond donors (Lipinski definition) is 2. The summed E-state index contributed by atoms with van der Waals surface area (Å²) in [6.07, 6.45) is 32.9. The number of hydrogen-bond acceptors (Lipinski definition) is 3. The third-order valence-electron chi connectivity index (χ3n) is 18.0. The molecule has 0 heterocycles. The topological polar surface area (TPSA) is 57.5 Å². The minimum absolute atomic E-state index is 0.0766. The summed E-state index contributed by atoms with van der Waals surface area (Å²) in [6, 6.07) is 0. The predicted molar refractivity (Wildman–Crippen MR) is 205 cm³/mol. The van der Waals surface area contributed by atoms with Crippen molar-refractivity contribution < 1.29 is 15.0 Å². The molecule has 8 aliphatic rings. The first-order valence-electron chi connectivity index (χ1n) is 21.5. The second-order valence-corrected chi connectivity index (χ2v) is 20.5. The summed E-state index contributed by atoms with van der Waals surface area (Å²) in [5.74, 6) is 11.1. The molecule has 50 heavy (non-hydrogen) atoms. The van der Waals surface area contributed by atoms with Gasteiger partial charge in [0.15, 0.2) is 5.78 Å². The highest BCUT2D eigenvalue weighted by Crippen LogP contribution is 2.68. The Morgan fingerprint density at radius 1 is 0.840 bits per heavy atom. The van der Waals surface area contributed by atoms with E-state index in [1.54, 1.807) is 5.57 Å². The van der Waals surface area contributed by atoms with Crippen LogP contribution in [0.15, 0.2) is 23.3 Å². The van der Waals surface area contributed by atoms with Gasteiger partial charge in [0.1, 0.15) is 5.60 Å². The molecule has 3 nitrogen and oxygen atoms in total. The molecule has 0 aromatic rings. The van der Waals surface area contributed by atoms with Crippen LogP contribution in [0.5, 0.6) is 0 Å². The zero-order valence-corrected chi connectivity index (χ0v) is 32.8. The van der Waals surface area contributed by atoms with Crippen LogP contribution in [0.25, 0.3) is 0 Å². The van der Waals surface area contributed by atoms with Crippen LogP contribution in [0.3, 0.4) is 0 Å². The number of ketones is 1. The lowest BCUT2D eigenvalue weighted by Crippen LogP contribution is -2.52. The first-order valence-corrected chi connectivity index (χ1v) is 21.5. The Bertz CT molecular complexity index is 1380. The summed E-state index contributed by atoms with van der Waals surface area (Å²) >= 11 is 0. The summed E-state index contributed by atoms with van der Waals surface area (Å²) in [7, 11) is 0. The highest BCUT2D eigenvalue weighted by atomic mass is 16.3. The van der Waals surface area contributed by atoms with E-state index in [-0.39, 0.29) is 11.5 Å². The lowest BCUT2D eigenvalue weighted by atomic mass is 9.47. The maximum Gasteiger partial charge on any atom is 0.155 e. The van der Waals surface area contributed by atoms with Crippen LogP contribution in [0.4, 0.5) is 0 Å². The number of allylic oxidation sites excluding steroid dienone is 2. The molecule has 0 spiro atoms. The molecule has 0 amide bonds. The van der Waals surface area contributed by atoms with Crippen LogP contribution in [0.1, 0.15) is 164 Å². The quantitative estimate of drug-likeness (QED) is 0.224. The molecule has 0 aromatic heterocycles. The van der Waals surface area contributed by atoms with Gasteiger partial charge in [0.2, 0.25) is 0 Å². The fourth-order valence-electron chi connectivity index (χ4n) is 15.1. The van der Waals surface area contributed by atoms with E-state index in [0.29, 0.717) is 40.3 Å². The molecule has 6 fully saturated rings. The first kappa shape index (κ1) is 37.0. The van der Waals surface area contributed by atoms with E-state index >= 15 is 0 Å². The average molecular weight is 685 g/mol. The van der Waals surface area contributed by atoms with E-state index in [1.807, 2.05) is 6.08 Å². The summed E-state index contributed by atoms with van der Waals surface area (Å²) in [5, 5.41) is 21.1. The number of aliphatic hydroxyl groups excluding tert-OH is 1. The molecule has 8 rings (SSSR count). The van der Waals surface area contributed by atoms with Crippen molar-refractivity contribution in [2.45, 2.75) is 175 Å². The van der Waals surface area contributed by atoms with Gasteiger partial charge in [-0.2, -0.15) is 0 Å². The monoisotopic (exact) mass is 685 g/mol. The van der Waals surface area contributed by atoms with Gasteiger partial charge in [-0.25, -0.2) is 0 Å². The van der Waals surface area contributed by atoms with Gasteiger partial charge in [0, 0.05) is 11.8 Å². The predicted octanol–water partition coefficient (Wildman–Crippen LogP) is 10.9. The Balaban J connectivity index is 0.000000161. The molecule has 2 N–H and O–H groups in total. The third-order valence-corrected chi connectivity index (χ3v) is 18.0. The number of fused-ring (bicyclic) bond motifs is 10. The SMILES string of the molecule is C#C[C@]1(O)CC[C@H]2[C@@H]3CCC4=CC(=O)CC[C@@H]4[C@H]3CC[C@@]21C.CC(C)CCC[C@@H](C)[C@H]1CC[C@H]2[C@@H]3CC=C4C[C@@H](O)CC[C@]4(C)[C@H]3CC[C@]12C. The molecule has 0 bridgehead atoms. The van der Waals surface area contributed by atoms with Gasteiger partial charge in [0.25, 0.3) is 0 Å². The van der Waals surface area contributed by atoms with Gasteiger partial charge < -0.3 is 10.2 Å². The molecular formula is C47H72O3. The van der Waals surface area contributed by atoms with Crippen LogP contribution in [0, 0.1) is 87.8 Å². The normalized spacial score (nSPS) is 48.2. The average Bonchev–Trinajstić information content (AvgIpc) is 3.58. The van der Waals surface area contributed by atoms with E-state index in [4.69, 9.17) is 6.42 Å². The van der Waals surface area contributed by atoms with Crippen molar-refractivity contribution >= 4 is 5.78 Å². The summed E-state index contributed by atoms with van der Waals surface area (Å²) in [5.41, 5.74) is 3.02. The maximum absolute atomic E-state index is 11.7. The van der Waals surface area contributed by atoms with Crippen molar-refractivity contribution in [1.29, 1.82) is 0 Å². The van der Waals surface area contributed by atoms with E-state index in [1.165, 1.54) is 69.8 Å². The third kappa shape index (κ3) is 6.05. The highest BCUT2D eigenvalue weighted by molar-refractivity contribution is 5.91. The second-order valence-electron chi connectivity index (χ2n) is 20.5. The highest BCUT2D eigenvalue weighted by Gasteiger charge is 2.62. The Labute approximate surface area is 306 Å². The first-order chi connectivity index (χ1) is 23.7. The Hall–Kier alpha value is -1.37. The summed E-state index contributed by atoms with van der Waals surface area (Å²) in [4.78, 5) is 11.7.